The molecule has 0 spiro atoms. The smallest absolute Gasteiger partial charge is 0.293 e. The number of anilines is 1. The molecule has 0 fully saturated rings. The summed E-state index contributed by atoms with van der Waals surface area (Å²) in [4.78, 5) is 22.8. The average molecular weight is 345 g/mol. The fourth-order valence-electron chi connectivity index (χ4n) is 2.31. The monoisotopic (exact) mass is 345 g/mol. The molecule has 0 aromatic heterocycles. The van der Waals surface area contributed by atoms with E-state index in [4.69, 9.17) is 9.47 Å². The number of hydrogen-bond acceptors (Lipinski definition) is 6. The van der Waals surface area contributed by atoms with Gasteiger partial charge in [-0.25, -0.2) is 0 Å². The van der Waals surface area contributed by atoms with Crippen molar-refractivity contribution >= 4 is 17.3 Å². The van der Waals surface area contributed by atoms with Crippen LogP contribution >= 0.6 is 0 Å². The van der Waals surface area contributed by atoms with E-state index < -0.39 is 10.8 Å². The van der Waals surface area contributed by atoms with Gasteiger partial charge in [-0.1, -0.05) is 6.07 Å². The van der Waals surface area contributed by atoms with Crippen molar-refractivity contribution in [1.82, 2.24) is 5.32 Å². The Kier molecular flexibility index (Phi) is 5.78. The summed E-state index contributed by atoms with van der Waals surface area (Å²) in [7, 11) is 4.66. The lowest BCUT2D eigenvalue weighted by molar-refractivity contribution is -0.384. The van der Waals surface area contributed by atoms with Crippen molar-refractivity contribution < 1.29 is 19.2 Å². The summed E-state index contributed by atoms with van der Waals surface area (Å²) in [6.07, 6.45) is 0. The zero-order valence-electron chi connectivity index (χ0n) is 14.2. The molecule has 0 bridgehead atoms. The highest BCUT2D eigenvalue weighted by atomic mass is 16.6. The number of nitro benzene ring substituents is 1. The molecular weight excluding hydrogens is 326 g/mol. The molecule has 25 heavy (non-hydrogen) atoms. The number of nitrogens with zero attached hydrogens (tertiary/aromatic N) is 1. The van der Waals surface area contributed by atoms with Gasteiger partial charge in [-0.2, -0.15) is 0 Å². The molecule has 1 amide bonds. The summed E-state index contributed by atoms with van der Waals surface area (Å²) in [6, 6.07) is 9.58. The first kappa shape index (κ1) is 18.1. The number of nitro groups is 1. The number of nitrogens with one attached hydrogen (secondary N) is 2. The first-order valence-electron chi connectivity index (χ1n) is 7.45. The summed E-state index contributed by atoms with van der Waals surface area (Å²) in [6.45, 7) is 0.251. The Bertz CT molecular complexity index is 792. The lowest BCUT2D eigenvalue weighted by Crippen LogP contribution is -2.23. The van der Waals surface area contributed by atoms with E-state index in [1.807, 2.05) is 0 Å². The quantitative estimate of drug-likeness (QED) is 0.590. The van der Waals surface area contributed by atoms with Crippen LogP contribution in [0.2, 0.25) is 0 Å². The van der Waals surface area contributed by atoms with Gasteiger partial charge in [0.1, 0.15) is 5.69 Å². The van der Waals surface area contributed by atoms with Crippen LogP contribution in [0, 0.1) is 10.1 Å². The third-order valence-electron chi connectivity index (χ3n) is 3.63. The zero-order valence-corrected chi connectivity index (χ0v) is 14.2. The van der Waals surface area contributed by atoms with E-state index >= 15 is 0 Å². The fraction of sp³-hybridized carbons (Fsp3) is 0.235. The summed E-state index contributed by atoms with van der Waals surface area (Å²) in [5.41, 5.74) is 1.22. The van der Waals surface area contributed by atoms with Gasteiger partial charge >= 0.3 is 0 Å². The highest BCUT2D eigenvalue weighted by molar-refractivity contribution is 5.95. The molecule has 0 unspecified atom stereocenters. The second kappa shape index (κ2) is 8.00. The maximum absolute atomic E-state index is 12.3. The Hall–Kier alpha value is -3.29. The number of methoxy groups -OCH3 is 2. The Morgan fingerprint density at radius 1 is 1.12 bits per heavy atom. The summed E-state index contributed by atoms with van der Waals surface area (Å²) >= 11 is 0. The molecule has 2 aromatic carbocycles. The fourth-order valence-corrected chi connectivity index (χ4v) is 2.31. The van der Waals surface area contributed by atoms with Crippen LogP contribution in [0.5, 0.6) is 11.5 Å². The maximum Gasteiger partial charge on any atom is 0.293 e. The standard InChI is InChI=1S/C17H19N3O5/c1-18-13-6-5-12(9-14(13)20(22)23)17(21)19-10-11-4-7-15(24-2)16(8-11)25-3/h4-9,18H,10H2,1-3H3,(H,19,21). The summed E-state index contributed by atoms with van der Waals surface area (Å²) in [5, 5.41) is 16.5. The van der Waals surface area contributed by atoms with E-state index in [9.17, 15) is 14.9 Å². The highest BCUT2D eigenvalue weighted by Crippen LogP contribution is 2.28. The Morgan fingerprint density at radius 3 is 2.44 bits per heavy atom. The number of benzene rings is 2. The third kappa shape index (κ3) is 4.17. The first-order valence-corrected chi connectivity index (χ1v) is 7.45. The minimum absolute atomic E-state index is 0.152. The topological polar surface area (TPSA) is 103 Å². The van der Waals surface area contributed by atoms with Gasteiger partial charge in [0.2, 0.25) is 0 Å². The predicted molar refractivity (Wildman–Crippen MR) is 93.4 cm³/mol. The van der Waals surface area contributed by atoms with Gasteiger partial charge < -0.3 is 20.1 Å². The zero-order chi connectivity index (χ0) is 18.4. The molecule has 0 aliphatic heterocycles. The van der Waals surface area contributed by atoms with Crippen LogP contribution in [-0.2, 0) is 6.54 Å². The summed E-state index contributed by atoms with van der Waals surface area (Å²) < 4.78 is 10.4. The van der Waals surface area contributed by atoms with Crippen LogP contribution in [0.3, 0.4) is 0 Å². The van der Waals surface area contributed by atoms with Crippen molar-refractivity contribution in [2.24, 2.45) is 0 Å². The van der Waals surface area contributed by atoms with E-state index in [2.05, 4.69) is 10.6 Å². The normalized spacial score (nSPS) is 10.0. The van der Waals surface area contributed by atoms with Crippen LogP contribution in [0.1, 0.15) is 15.9 Å². The van der Waals surface area contributed by atoms with E-state index in [1.165, 1.54) is 25.3 Å². The Balaban J connectivity index is 2.13. The average Bonchev–Trinajstić information content (AvgIpc) is 2.65. The number of carbonyl (C=O) groups excluding carboxylic acids is 1. The SMILES string of the molecule is CNc1ccc(C(=O)NCc2ccc(OC)c(OC)c2)cc1[N+](=O)[O-]. The minimum atomic E-state index is -0.531. The predicted octanol–water partition coefficient (Wildman–Crippen LogP) is 2.58. The van der Waals surface area contributed by atoms with Crippen LogP contribution in [0.4, 0.5) is 11.4 Å². The molecule has 132 valence electrons. The molecule has 0 radical (unpaired) electrons. The van der Waals surface area contributed by atoms with Crippen LogP contribution in [0.25, 0.3) is 0 Å². The molecule has 0 aliphatic carbocycles. The van der Waals surface area contributed by atoms with Crippen molar-refractivity contribution in [2.45, 2.75) is 6.54 Å². The van der Waals surface area contributed by atoms with Crippen molar-refractivity contribution in [3.63, 3.8) is 0 Å². The Labute approximate surface area is 144 Å². The molecule has 2 rings (SSSR count). The lowest BCUT2D eigenvalue weighted by Gasteiger charge is -2.11. The van der Waals surface area contributed by atoms with Crippen LogP contribution < -0.4 is 20.1 Å². The van der Waals surface area contributed by atoms with Crippen molar-refractivity contribution in [3.05, 3.63) is 57.6 Å². The maximum atomic E-state index is 12.3. The van der Waals surface area contributed by atoms with Crippen LogP contribution in [0.15, 0.2) is 36.4 Å². The molecule has 0 saturated heterocycles. The highest BCUT2D eigenvalue weighted by Gasteiger charge is 2.16. The largest absolute Gasteiger partial charge is 0.493 e. The number of ether oxygens (including phenoxy) is 2. The minimum Gasteiger partial charge on any atom is -0.493 e. The van der Waals surface area contributed by atoms with Gasteiger partial charge in [0.25, 0.3) is 11.6 Å². The number of hydrogen-bond donors (Lipinski definition) is 2. The molecule has 0 aliphatic rings. The van der Waals surface area contributed by atoms with Crippen LogP contribution in [-0.4, -0.2) is 32.1 Å². The molecule has 8 heteroatoms. The van der Waals surface area contributed by atoms with Gasteiger partial charge in [0.05, 0.1) is 19.1 Å². The second-order valence-corrected chi connectivity index (χ2v) is 5.11. The number of amides is 1. The number of rotatable bonds is 7. The van der Waals surface area contributed by atoms with E-state index in [-0.39, 0.29) is 17.8 Å². The van der Waals surface area contributed by atoms with Crippen molar-refractivity contribution in [1.29, 1.82) is 0 Å². The van der Waals surface area contributed by atoms with E-state index in [0.717, 1.165) is 5.56 Å². The lowest BCUT2D eigenvalue weighted by atomic mass is 10.1. The van der Waals surface area contributed by atoms with Crippen molar-refractivity contribution in [2.75, 3.05) is 26.6 Å². The second-order valence-electron chi connectivity index (χ2n) is 5.11. The van der Waals surface area contributed by atoms with Gasteiger partial charge in [0, 0.05) is 25.2 Å². The molecule has 8 nitrogen and oxygen atoms in total. The molecule has 2 N–H and O–H groups in total. The van der Waals surface area contributed by atoms with Gasteiger partial charge in [-0.3, -0.25) is 14.9 Å². The molecule has 0 heterocycles. The van der Waals surface area contributed by atoms with E-state index in [1.54, 1.807) is 32.4 Å². The summed E-state index contributed by atoms with van der Waals surface area (Å²) in [5.74, 6) is 0.750. The molecule has 2 aromatic rings. The van der Waals surface area contributed by atoms with Gasteiger partial charge in [-0.15, -0.1) is 0 Å². The van der Waals surface area contributed by atoms with Gasteiger partial charge in [-0.05, 0) is 29.8 Å². The first-order chi connectivity index (χ1) is 12.0. The van der Waals surface area contributed by atoms with Crippen molar-refractivity contribution in [3.8, 4) is 11.5 Å². The van der Waals surface area contributed by atoms with Gasteiger partial charge in [0.15, 0.2) is 11.5 Å². The number of carbonyl (C=O) groups is 1. The molecule has 0 atom stereocenters. The molecule has 0 saturated carbocycles. The van der Waals surface area contributed by atoms with E-state index in [0.29, 0.717) is 17.2 Å². The molecular formula is C17H19N3O5. The Morgan fingerprint density at radius 2 is 1.84 bits per heavy atom. The third-order valence-corrected chi connectivity index (χ3v) is 3.63.